The number of methoxy groups -OCH3 is 1. The zero-order chi connectivity index (χ0) is 17.1. The summed E-state index contributed by atoms with van der Waals surface area (Å²) in [5, 5.41) is 2.52. The number of amides is 1. The Bertz CT molecular complexity index is 419. The highest BCUT2D eigenvalue weighted by molar-refractivity contribution is 5.86. The number of rotatable bonds is 10. The lowest BCUT2D eigenvalue weighted by molar-refractivity contribution is -0.154. The summed E-state index contributed by atoms with van der Waals surface area (Å²) in [6.07, 6.45) is 4.19. The molecule has 0 rings (SSSR count). The summed E-state index contributed by atoms with van der Waals surface area (Å²) in [5.74, 6) is -2.14. The van der Waals surface area contributed by atoms with E-state index in [0.29, 0.717) is 12.8 Å². The third-order valence-electron chi connectivity index (χ3n) is 3.08. The molecular formula is C16H25NO5. The van der Waals surface area contributed by atoms with E-state index >= 15 is 0 Å². The Labute approximate surface area is 131 Å². The Morgan fingerprint density at radius 2 is 1.59 bits per heavy atom. The van der Waals surface area contributed by atoms with E-state index in [0.717, 1.165) is 0 Å². The molecule has 3 atom stereocenters. The smallest absolute Gasteiger partial charge is 0.331 e. The van der Waals surface area contributed by atoms with Gasteiger partial charge in [-0.2, -0.15) is 0 Å². The second kappa shape index (κ2) is 10.6. The van der Waals surface area contributed by atoms with Gasteiger partial charge in [-0.15, -0.1) is 13.2 Å². The molecule has 0 heterocycles. The highest BCUT2D eigenvalue weighted by Gasteiger charge is 2.26. The van der Waals surface area contributed by atoms with Gasteiger partial charge in [0.05, 0.1) is 13.0 Å². The van der Waals surface area contributed by atoms with Gasteiger partial charge in [0.2, 0.25) is 5.91 Å². The average molecular weight is 311 g/mol. The third kappa shape index (κ3) is 7.06. The van der Waals surface area contributed by atoms with Crippen LogP contribution in [0, 0.1) is 11.8 Å². The van der Waals surface area contributed by atoms with Crippen LogP contribution >= 0.6 is 0 Å². The Hall–Kier alpha value is -2.11. The van der Waals surface area contributed by atoms with E-state index in [-0.39, 0.29) is 24.3 Å². The first-order chi connectivity index (χ1) is 10.4. The van der Waals surface area contributed by atoms with Gasteiger partial charge in [0.25, 0.3) is 0 Å². The van der Waals surface area contributed by atoms with Crippen molar-refractivity contribution in [1.82, 2.24) is 5.32 Å². The van der Waals surface area contributed by atoms with Gasteiger partial charge in [0, 0.05) is 5.92 Å². The van der Waals surface area contributed by atoms with E-state index in [4.69, 9.17) is 4.74 Å². The van der Waals surface area contributed by atoms with Crippen molar-refractivity contribution >= 4 is 17.8 Å². The molecule has 0 bridgehead atoms. The average Bonchev–Trinajstić information content (AvgIpc) is 2.50. The molecule has 0 aromatic carbocycles. The van der Waals surface area contributed by atoms with Gasteiger partial charge in [-0.3, -0.25) is 9.59 Å². The van der Waals surface area contributed by atoms with Crippen LogP contribution in [0.25, 0.3) is 0 Å². The summed E-state index contributed by atoms with van der Waals surface area (Å²) in [5.41, 5.74) is 0. The monoisotopic (exact) mass is 311 g/mol. The lowest BCUT2D eigenvalue weighted by Gasteiger charge is -2.19. The number of esters is 2. The highest BCUT2D eigenvalue weighted by Crippen LogP contribution is 2.07. The van der Waals surface area contributed by atoms with Crippen LogP contribution in [0.15, 0.2) is 25.3 Å². The predicted molar refractivity (Wildman–Crippen MR) is 82.9 cm³/mol. The lowest BCUT2D eigenvalue weighted by atomic mass is 10.1. The quantitative estimate of drug-likeness (QED) is 0.489. The highest BCUT2D eigenvalue weighted by atomic mass is 16.5. The van der Waals surface area contributed by atoms with Gasteiger partial charge >= 0.3 is 11.9 Å². The molecule has 0 aliphatic heterocycles. The number of allylic oxidation sites excluding steroid dienone is 2. The molecule has 6 heteroatoms. The summed E-state index contributed by atoms with van der Waals surface area (Å²) < 4.78 is 9.67. The zero-order valence-electron chi connectivity index (χ0n) is 13.5. The van der Waals surface area contributed by atoms with Crippen molar-refractivity contribution in [2.75, 3.05) is 13.7 Å². The molecule has 1 N–H and O–H groups in total. The van der Waals surface area contributed by atoms with E-state index in [1.807, 2.05) is 0 Å². The molecule has 0 saturated carbocycles. The minimum atomic E-state index is -1.02. The molecule has 1 amide bonds. The summed E-state index contributed by atoms with van der Waals surface area (Å²) in [7, 11) is 1.21. The SMILES string of the molecule is C=CC[C@@H](C)C(=O)N[C@@H](COC(=O)[C@H](C)CC=C)C(=O)OC. The normalized spacial score (nSPS) is 14.1. The largest absolute Gasteiger partial charge is 0.467 e. The molecular weight excluding hydrogens is 286 g/mol. The van der Waals surface area contributed by atoms with Crippen LogP contribution in [-0.2, 0) is 23.9 Å². The lowest BCUT2D eigenvalue weighted by Crippen LogP contribution is -2.47. The predicted octanol–water partition coefficient (Wildman–Crippen LogP) is 1.61. The van der Waals surface area contributed by atoms with Crippen molar-refractivity contribution in [1.29, 1.82) is 0 Å². The van der Waals surface area contributed by atoms with Gasteiger partial charge in [0.1, 0.15) is 6.61 Å². The Morgan fingerprint density at radius 3 is 2.09 bits per heavy atom. The summed E-state index contributed by atoms with van der Waals surface area (Å²) >= 11 is 0. The van der Waals surface area contributed by atoms with Crippen LogP contribution in [0.1, 0.15) is 26.7 Å². The number of ether oxygens (including phenoxy) is 2. The third-order valence-corrected chi connectivity index (χ3v) is 3.08. The first-order valence-electron chi connectivity index (χ1n) is 7.13. The second-order valence-electron chi connectivity index (χ2n) is 5.07. The Kier molecular flexibility index (Phi) is 9.58. The number of carbonyl (C=O) groups excluding carboxylic acids is 3. The summed E-state index contributed by atoms with van der Waals surface area (Å²) in [4.78, 5) is 35.3. The Morgan fingerprint density at radius 1 is 1.05 bits per heavy atom. The van der Waals surface area contributed by atoms with Crippen LogP contribution in [0.5, 0.6) is 0 Å². The number of nitrogens with one attached hydrogen (secondary N) is 1. The van der Waals surface area contributed by atoms with Crippen molar-refractivity contribution in [2.24, 2.45) is 11.8 Å². The molecule has 0 saturated heterocycles. The molecule has 0 aromatic heterocycles. The number of hydrogen-bond acceptors (Lipinski definition) is 5. The van der Waals surface area contributed by atoms with Crippen LogP contribution in [-0.4, -0.2) is 37.6 Å². The van der Waals surface area contributed by atoms with Gasteiger partial charge in [0.15, 0.2) is 6.04 Å². The molecule has 0 aromatic rings. The fraction of sp³-hybridized carbons (Fsp3) is 0.562. The minimum absolute atomic E-state index is 0.264. The van der Waals surface area contributed by atoms with Crippen LogP contribution in [0.4, 0.5) is 0 Å². The molecule has 0 aliphatic carbocycles. The second-order valence-corrected chi connectivity index (χ2v) is 5.07. The fourth-order valence-corrected chi connectivity index (χ4v) is 1.64. The molecule has 0 spiro atoms. The molecule has 0 fully saturated rings. The van der Waals surface area contributed by atoms with Crippen molar-refractivity contribution < 1.29 is 23.9 Å². The van der Waals surface area contributed by atoms with E-state index < -0.39 is 18.0 Å². The maximum atomic E-state index is 11.9. The van der Waals surface area contributed by atoms with Crippen molar-refractivity contribution in [2.45, 2.75) is 32.7 Å². The fourth-order valence-electron chi connectivity index (χ4n) is 1.64. The first kappa shape index (κ1) is 19.9. The van der Waals surface area contributed by atoms with Gasteiger partial charge in [-0.05, 0) is 12.8 Å². The standard InChI is InChI=1S/C16H25NO5/c1-6-8-11(3)14(18)17-13(16(20)21-5)10-22-15(19)12(4)9-7-2/h6-7,11-13H,1-2,8-10H2,3-5H3,(H,17,18)/t11-,12-,13+/m1/s1. The van der Waals surface area contributed by atoms with E-state index in [2.05, 4.69) is 23.2 Å². The molecule has 0 radical (unpaired) electrons. The molecule has 0 aliphatic rings. The number of carbonyl (C=O) groups is 3. The Balaban J connectivity index is 4.62. The van der Waals surface area contributed by atoms with E-state index in [9.17, 15) is 14.4 Å². The van der Waals surface area contributed by atoms with Crippen LogP contribution in [0.2, 0.25) is 0 Å². The number of hydrogen-bond donors (Lipinski definition) is 1. The van der Waals surface area contributed by atoms with Crippen molar-refractivity contribution in [3.05, 3.63) is 25.3 Å². The van der Waals surface area contributed by atoms with Gasteiger partial charge in [-0.1, -0.05) is 26.0 Å². The topological polar surface area (TPSA) is 81.7 Å². The van der Waals surface area contributed by atoms with Crippen LogP contribution < -0.4 is 5.32 Å². The van der Waals surface area contributed by atoms with E-state index in [1.54, 1.807) is 26.0 Å². The molecule has 22 heavy (non-hydrogen) atoms. The van der Waals surface area contributed by atoms with E-state index in [1.165, 1.54) is 7.11 Å². The van der Waals surface area contributed by atoms with Gasteiger partial charge in [-0.25, -0.2) is 4.79 Å². The van der Waals surface area contributed by atoms with Crippen molar-refractivity contribution in [3.8, 4) is 0 Å². The minimum Gasteiger partial charge on any atom is -0.467 e. The van der Waals surface area contributed by atoms with Crippen molar-refractivity contribution in [3.63, 3.8) is 0 Å². The maximum absolute atomic E-state index is 11.9. The molecule has 0 unspecified atom stereocenters. The van der Waals surface area contributed by atoms with Crippen LogP contribution in [0.3, 0.4) is 0 Å². The maximum Gasteiger partial charge on any atom is 0.331 e. The zero-order valence-corrected chi connectivity index (χ0v) is 13.5. The first-order valence-corrected chi connectivity index (χ1v) is 7.13. The summed E-state index contributed by atoms with van der Waals surface area (Å²) in [6, 6.07) is -1.02. The molecule has 6 nitrogen and oxygen atoms in total. The molecule has 124 valence electrons. The summed E-state index contributed by atoms with van der Waals surface area (Å²) in [6.45, 7) is 10.3. The van der Waals surface area contributed by atoms with Gasteiger partial charge < -0.3 is 14.8 Å².